The first-order valence-electron chi connectivity index (χ1n) is 14.0. The van der Waals surface area contributed by atoms with Crippen molar-refractivity contribution < 1.29 is 18.7 Å². The molecule has 5 aromatic rings. The van der Waals surface area contributed by atoms with E-state index in [0.29, 0.717) is 59.1 Å². The molecule has 222 valence electrons. The van der Waals surface area contributed by atoms with Gasteiger partial charge in [-0.2, -0.15) is 0 Å². The summed E-state index contributed by atoms with van der Waals surface area (Å²) in [6.07, 6.45) is 3.71. The van der Waals surface area contributed by atoms with Gasteiger partial charge < -0.3 is 22.1 Å². The number of hydrogen-bond donors (Lipinski definition) is 6. The van der Waals surface area contributed by atoms with E-state index in [2.05, 4.69) is 20.6 Å². The van der Waals surface area contributed by atoms with Crippen molar-refractivity contribution in [3.63, 3.8) is 0 Å². The Balaban J connectivity index is 1.21. The van der Waals surface area contributed by atoms with Gasteiger partial charge in [0, 0.05) is 22.5 Å². The van der Waals surface area contributed by atoms with Crippen LogP contribution in [0.15, 0.2) is 85.2 Å². The summed E-state index contributed by atoms with van der Waals surface area (Å²) in [6.45, 7) is 5.25. The minimum absolute atomic E-state index is 0.307. The quantitative estimate of drug-likeness (QED) is 0.148. The summed E-state index contributed by atoms with van der Waals surface area (Å²) in [4.78, 5) is 34.2. The number of aryl methyl sites for hydroxylation is 2. The van der Waals surface area contributed by atoms with Crippen LogP contribution in [0.1, 0.15) is 34.6 Å². The van der Waals surface area contributed by atoms with E-state index in [9.17, 15) is 9.59 Å². The van der Waals surface area contributed by atoms with Crippen LogP contribution < -0.4 is 42.7 Å². The average Bonchev–Trinajstić information content (AvgIpc) is 3.02. The lowest BCUT2D eigenvalue weighted by Gasteiger charge is -2.10. The van der Waals surface area contributed by atoms with E-state index in [0.717, 1.165) is 22.3 Å². The van der Waals surface area contributed by atoms with Crippen LogP contribution in [0.2, 0.25) is 0 Å². The van der Waals surface area contributed by atoms with Gasteiger partial charge in [-0.05, 0) is 73.5 Å². The van der Waals surface area contributed by atoms with Gasteiger partial charge in [-0.3, -0.25) is 21.1 Å². The number of amides is 2. The van der Waals surface area contributed by atoms with Crippen LogP contribution >= 0.6 is 0 Å². The Morgan fingerprint density at radius 3 is 1.25 bits per heavy atom. The first-order valence-corrected chi connectivity index (χ1v) is 14.0. The maximum atomic E-state index is 12.9. The molecule has 12 nitrogen and oxygen atoms in total. The predicted octanol–water partition coefficient (Wildman–Crippen LogP) is 3.26. The lowest BCUT2D eigenvalue weighted by molar-refractivity contribution is -0.681. The Morgan fingerprint density at radius 2 is 0.932 bits per heavy atom. The number of rotatable bonds is 8. The molecule has 2 amide bonds. The molecule has 12 heteroatoms. The van der Waals surface area contributed by atoms with Crippen LogP contribution in [0.25, 0.3) is 22.3 Å². The van der Waals surface area contributed by atoms with Crippen molar-refractivity contribution in [2.75, 3.05) is 33.6 Å². The van der Waals surface area contributed by atoms with Crippen LogP contribution in [0.5, 0.6) is 0 Å². The lowest BCUT2D eigenvalue weighted by atomic mass is 10.1. The van der Waals surface area contributed by atoms with E-state index in [1.807, 2.05) is 50.5 Å². The van der Waals surface area contributed by atoms with Crippen LogP contribution in [-0.4, -0.2) is 21.8 Å². The molecular formula is C32H34N10O2+2. The van der Waals surface area contributed by atoms with Crippen molar-refractivity contribution in [2.45, 2.75) is 26.9 Å². The Bertz CT molecular complexity index is 1700. The fourth-order valence-electron chi connectivity index (χ4n) is 4.67. The Kier molecular flexibility index (Phi) is 8.33. The van der Waals surface area contributed by atoms with E-state index >= 15 is 0 Å². The van der Waals surface area contributed by atoms with E-state index in [1.165, 1.54) is 0 Å². The van der Waals surface area contributed by atoms with Gasteiger partial charge in [0.05, 0.1) is 36.6 Å². The van der Waals surface area contributed by atoms with Crippen molar-refractivity contribution in [1.82, 2.24) is 9.97 Å². The molecule has 44 heavy (non-hydrogen) atoms. The Labute approximate surface area is 254 Å². The molecule has 0 aliphatic rings. The number of aromatic nitrogens is 4. The fourth-order valence-corrected chi connectivity index (χ4v) is 4.67. The highest BCUT2D eigenvalue weighted by Gasteiger charge is 2.16. The molecule has 10 N–H and O–H groups in total. The second-order valence-corrected chi connectivity index (χ2v) is 10.0. The molecule has 2 heterocycles. The van der Waals surface area contributed by atoms with E-state index in [-0.39, 0.29) is 11.8 Å². The zero-order valence-corrected chi connectivity index (χ0v) is 24.4. The molecular weight excluding hydrogens is 556 g/mol. The molecule has 0 saturated carbocycles. The molecule has 0 spiro atoms. The molecule has 3 aromatic carbocycles. The smallest absolute Gasteiger partial charge is 0.369 e. The van der Waals surface area contributed by atoms with Gasteiger partial charge in [0.2, 0.25) is 11.6 Å². The minimum atomic E-state index is -0.307. The number of carbonyl (C=O) groups excluding carboxylic acids is 2. The molecule has 0 unspecified atom stereocenters. The summed E-state index contributed by atoms with van der Waals surface area (Å²) in [5.74, 6) is 0.737. The van der Waals surface area contributed by atoms with E-state index in [4.69, 9.17) is 22.9 Å². The number of anilines is 6. The third-order valence-corrected chi connectivity index (χ3v) is 7.18. The number of carbonyl (C=O) groups is 2. The number of hydrogen-bond acceptors (Lipinski definition) is 8. The SMILES string of the molecule is CC[n+]1cc(-c2ccc(NC(=O)c3ccc(C(=O)Nc4ccc(-c5c[n+](CC)c(N)nc5N)cc4)cc3)cc2)c(N)nc1N. The van der Waals surface area contributed by atoms with Gasteiger partial charge >= 0.3 is 11.9 Å². The van der Waals surface area contributed by atoms with Crippen molar-refractivity contribution in [2.24, 2.45) is 0 Å². The summed E-state index contributed by atoms with van der Waals surface area (Å²) >= 11 is 0. The lowest BCUT2D eigenvalue weighted by Crippen LogP contribution is -2.37. The van der Waals surface area contributed by atoms with Crippen molar-refractivity contribution in [3.05, 3.63) is 96.3 Å². The highest BCUT2D eigenvalue weighted by Crippen LogP contribution is 2.26. The molecule has 0 aliphatic heterocycles. The molecule has 0 radical (unpaired) electrons. The maximum Gasteiger partial charge on any atom is 0.391 e. The minimum Gasteiger partial charge on any atom is -0.369 e. The van der Waals surface area contributed by atoms with Gasteiger partial charge in [-0.15, -0.1) is 0 Å². The summed E-state index contributed by atoms with van der Waals surface area (Å²) in [7, 11) is 0. The molecule has 0 bridgehead atoms. The molecule has 0 saturated heterocycles. The third kappa shape index (κ3) is 6.23. The summed E-state index contributed by atoms with van der Waals surface area (Å²) < 4.78 is 3.61. The second kappa shape index (κ2) is 12.4. The zero-order valence-electron chi connectivity index (χ0n) is 24.4. The molecule has 0 atom stereocenters. The molecule has 0 aliphatic carbocycles. The average molecular weight is 591 g/mol. The van der Waals surface area contributed by atoms with Gasteiger partial charge in [0.1, 0.15) is 0 Å². The van der Waals surface area contributed by atoms with Crippen LogP contribution in [-0.2, 0) is 13.1 Å². The number of benzene rings is 3. The standard InChI is InChI=1S/C32H32N10O2/c1-3-41-17-25(27(33)39-31(41)35)19-9-13-23(14-10-19)37-29(43)21-5-7-22(8-6-21)30(44)38-24-15-11-20(12-16-24)26-18-42(4-2)32(36)40-28(26)34/h5-18H,3-4H2,1-2H3,(H8,33,34,35,36,37,38,39,40,43,44)/p+2. The van der Waals surface area contributed by atoms with Gasteiger partial charge in [-0.25, -0.2) is 9.13 Å². The zero-order chi connectivity index (χ0) is 31.4. The highest BCUT2D eigenvalue weighted by atomic mass is 16.2. The van der Waals surface area contributed by atoms with Crippen molar-refractivity contribution in [3.8, 4) is 22.3 Å². The summed E-state index contributed by atoms with van der Waals surface area (Å²) in [6, 6.07) is 20.9. The number of nitrogens with zero attached hydrogens (tertiary/aromatic N) is 4. The monoisotopic (exact) mass is 590 g/mol. The van der Waals surface area contributed by atoms with Gasteiger partial charge in [-0.1, -0.05) is 34.2 Å². The van der Waals surface area contributed by atoms with Crippen LogP contribution in [0.3, 0.4) is 0 Å². The predicted molar refractivity (Wildman–Crippen MR) is 171 cm³/mol. The van der Waals surface area contributed by atoms with Crippen LogP contribution in [0.4, 0.5) is 34.9 Å². The number of nitrogens with two attached hydrogens (primary N) is 4. The Hall–Kier alpha value is -6.04. The molecule has 2 aromatic heterocycles. The normalized spacial score (nSPS) is 10.8. The van der Waals surface area contributed by atoms with Crippen molar-refractivity contribution in [1.29, 1.82) is 0 Å². The van der Waals surface area contributed by atoms with Crippen molar-refractivity contribution >= 4 is 46.7 Å². The number of nitrogen functional groups attached to an aromatic ring is 4. The topological polar surface area (TPSA) is 196 Å². The first kappa shape index (κ1) is 29.5. The van der Waals surface area contributed by atoms with Gasteiger partial charge in [0.15, 0.2) is 0 Å². The highest BCUT2D eigenvalue weighted by molar-refractivity contribution is 6.07. The molecule has 5 rings (SSSR count). The first-order chi connectivity index (χ1) is 21.2. The Morgan fingerprint density at radius 1 is 0.591 bits per heavy atom. The van der Waals surface area contributed by atoms with Gasteiger partial charge in [0.25, 0.3) is 11.8 Å². The summed E-state index contributed by atoms with van der Waals surface area (Å²) in [5, 5.41) is 5.74. The number of nitrogens with one attached hydrogen (secondary N) is 2. The van der Waals surface area contributed by atoms with Crippen LogP contribution in [0, 0.1) is 0 Å². The summed E-state index contributed by atoms with van der Waals surface area (Å²) in [5.41, 5.74) is 29.2. The largest absolute Gasteiger partial charge is 0.391 e. The molecule has 0 fully saturated rings. The maximum absolute atomic E-state index is 12.9. The second-order valence-electron chi connectivity index (χ2n) is 10.0. The fraction of sp³-hybridized carbons (Fsp3) is 0.125. The third-order valence-electron chi connectivity index (χ3n) is 7.18. The van der Waals surface area contributed by atoms with E-state index in [1.54, 1.807) is 57.7 Å². The van der Waals surface area contributed by atoms with E-state index < -0.39 is 0 Å².